The zero-order valence-electron chi connectivity index (χ0n) is 16.6. The fourth-order valence-electron chi connectivity index (χ4n) is 4.84. The van der Waals surface area contributed by atoms with Crippen molar-refractivity contribution in [2.75, 3.05) is 33.7 Å². The minimum Gasteiger partial charge on any atom is -0.389 e. The van der Waals surface area contributed by atoms with Crippen molar-refractivity contribution < 1.29 is 5.11 Å². The Morgan fingerprint density at radius 1 is 0.960 bits per heavy atom. The zero-order valence-corrected chi connectivity index (χ0v) is 16.6. The molecule has 0 amide bonds. The van der Waals surface area contributed by atoms with Gasteiger partial charge in [0.15, 0.2) is 0 Å². The second-order valence-electron chi connectivity index (χ2n) is 9.16. The number of likely N-dealkylation sites (N-methyl/N-ethyl adjacent to an activating group) is 1. The molecule has 1 saturated carbocycles. The monoisotopic (exact) mass is 344 g/mol. The highest BCUT2D eigenvalue weighted by Crippen LogP contribution is 2.47. The van der Waals surface area contributed by atoms with Crippen LogP contribution in [0.3, 0.4) is 0 Å². The van der Waals surface area contributed by atoms with Crippen molar-refractivity contribution in [3.8, 4) is 0 Å². The zero-order chi connectivity index (χ0) is 18.1. The van der Waals surface area contributed by atoms with Crippen LogP contribution in [-0.2, 0) is 6.54 Å². The van der Waals surface area contributed by atoms with E-state index in [2.05, 4.69) is 55.9 Å². The van der Waals surface area contributed by atoms with Gasteiger partial charge in [0.25, 0.3) is 0 Å². The number of benzene rings is 1. The molecule has 0 radical (unpaired) electrons. The second-order valence-corrected chi connectivity index (χ2v) is 9.16. The number of piperidine rings is 1. The van der Waals surface area contributed by atoms with Gasteiger partial charge in [-0.05, 0) is 102 Å². The summed E-state index contributed by atoms with van der Waals surface area (Å²) in [6, 6.07) is 6.89. The van der Waals surface area contributed by atoms with E-state index in [9.17, 15) is 5.11 Å². The van der Waals surface area contributed by atoms with E-state index < -0.39 is 5.60 Å². The van der Waals surface area contributed by atoms with E-state index in [0.717, 1.165) is 25.9 Å². The molecule has 1 spiro atoms. The first kappa shape index (κ1) is 18.9. The Hall–Kier alpha value is -0.900. The molecule has 3 rings (SSSR count). The fraction of sp³-hybridized carbons (Fsp3) is 0.727. The Labute approximate surface area is 154 Å². The fourth-order valence-corrected chi connectivity index (χ4v) is 4.84. The molecule has 1 aromatic rings. The Balaban J connectivity index is 1.51. The number of likely N-dealkylation sites (tertiary alicyclic amines) is 1. The number of rotatable bonds is 4. The van der Waals surface area contributed by atoms with Gasteiger partial charge in [0.05, 0.1) is 5.60 Å². The summed E-state index contributed by atoms with van der Waals surface area (Å²) in [6.45, 7) is 8.70. The molecule has 1 N–H and O–H groups in total. The average Bonchev–Trinajstić information content (AvgIpc) is 2.56. The Morgan fingerprint density at radius 2 is 1.60 bits per heavy atom. The third-order valence-electron chi connectivity index (χ3n) is 6.75. The van der Waals surface area contributed by atoms with E-state index >= 15 is 0 Å². The molecule has 1 aliphatic heterocycles. The summed E-state index contributed by atoms with van der Waals surface area (Å²) >= 11 is 0. The summed E-state index contributed by atoms with van der Waals surface area (Å²) in [5, 5.41) is 10.8. The lowest BCUT2D eigenvalue weighted by Crippen LogP contribution is -2.48. The van der Waals surface area contributed by atoms with Crippen LogP contribution >= 0.6 is 0 Å². The molecule has 3 nitrogen and oxygen atoms in total. The van der Waals surface area contributed by atoms with Crippen LogP contribution < -0.4 is 0 Å². The topological polar surface area (TPSA) is 26.7 Å². The summed E-state index contributed by atoms with van der Waals surface area (Å²) in [4.78, 5) is 4.75. The third-order valence-corrected chi connectivity index (χ3v) is 6.75. The van der Waals surface area contributed by atoms with Gasteiger partial charge in [-0.1, -0.05) is 18.2 Å². The molecule has 0 bridgehead atoms. The lowest BCUT2D eigenvalue weighted by Gasteiger charge is -2.49. The molecule has 3 heteroatoms. The first-order chi connectivity index (χ1) is 11.8. The van der Waals surface area contributed by atoms with Crippen LogP contribution in [0.25, 0.3) is 0 Å². The summed E-state index contributed by atoms with van der Waals surface area (Å²) in [6.07, 6.45) is 6.96. The first-order valence-electron chi connectivity index (χ1n) is 9.95. The molecule has 25 heavy (non-hydrogen) atoms. The molecule has 1 aliphatic carbocycles. The van der Waals surface area contributed by atoms with E-state index in [0.29, 0.717) is 5.41 Å². The molecule has 1 aromatic carbocycles. The lowest BCUT2D eigenvalue weighted by molar-refractivity contribution is -0.0638. The molecule has 140 valence electrons. The van der Waals surface area contributed by atoms with Gasteiger partial charge >= 0.3 is 0 Å². The largest absolute Gasteiger partial charge is 0.389 e. The van der Waals surface area contributed by atoms with Gasteiger partial charge in [-0.15, -0.1) is 0 Å². The van der Waals surface area contributed by atoms with Crippen molar-refractivity contribution in [1.29, 1.82) is 0 Å². The predicted molar refractivity (Wildman–Crippen MR) is 105 cm³/mol. The van der Waals surface area contributed by atoms with Gasteiger partial charge in [0, 0.05) is 13.1 Å². The van der Waals surface area contributed by atoms with Gasteiger partial charge in [0.2, 0.25) is 0 Å². The normalized spacial score (nSPS) is 23.3. The molecule has 1 saturated heterocycles. The summed E-state index contributed by atoms with van der Waals surface area (Å²) < 4.78 is 0. The van der Waals surface area contributed by atoms with E-state index in [1.807, 2.05) is 0 Å². The number of hydrogen-bond donors (Lipinski definition) is 1. The van der Waals surface area contributed by atoms with Gasteiger partial charge in [0.1, 0.15) is 0 Å². The van der Waals surface area contributed by atoms with E-state index in [4.69, 9.17) is 0 Å². The van der Waals surface area contributed by atoms with E-state index in [-0.39, 0.29) is 0 Å². The SMILES string of the molecule is Cc1ccc(CN2CCC3(CC2)CCC(O)(CN(C)C)CC3)cc1C. The average molecular weight is 345 g/mol. The Morgan fingerprint density at radius 3 is 2.16 bits per heavy atom. The first-order valence-corrected chi connectivity index (χ1v) is 9.95. The van der Waals surface area contributed by atoms with Gasteiger partial charge in [-0.3, -0.25) is 4.90 Å². The van der Waals surface area contributed by atoms with Gasteiger partial charge in [-0.2, -0.15) is 0 Å². The highest BCUT2D eigenvalue weighted by molar-refractivity contribution is 5.29. The highest BCUT2D eigenvalue weighted by Gasteiger charge is 2.43. The van der Waals surface area contributed by atoms with Crippen molar-refractivity contribution in [3.63, 3.8) is 0 Å². The summed E-state index contributed by atoms with van der Waals surface area (Å²) in [5.41, 5.74) is 4.28. The molecule has 2 aliphatic rings. The number of aryl methyl sites for hydroxylation is 2. The Bertz CT molecular complexity index is 578. The van der Waals surface area contributed by atoms with Crippen LogP contribution in [0, 0.1) is 19.3 Å². The maximum atomic E-state index is 10.8. The number of nitrogens with zero attached hydrogens (tertiary/aromatic N) is 2. The van der Waals surface area contributed by atoms with Crippen molar-refractivity contribution in [2.24, 2.45) is 5.41 Å². The molecule has 0 atom stereocenters. The lowest BCUT2D eigenvalue weighted by atomic mass is 9.64. The van der Waals surface area contributed by atoms with Crippen molar-refractivity contribution in [1.82, 2.24) is 9.80 Å². The van der Waals surface area contributed by atoms with Gasteiger partial charge < -0.3 is 10.0 Å². The quantitative estimate of drug-likeness (QED) is 0.901. The smallest absolute Gasteiger partial charge is 0.0774 e. The molecular weight excluding hydrogens is 308 g/mol. The summed E-state index contributed by atoms with van der Waals surface area (Å²) in [7, 11) is 4.13. The minimum atomic E-state index is -0.453. The second kappa shape index (κ2) is 7.38. The minimum absolute atomic E-state index is 0.453. The standard InChI is InChI=1S/C22H36N2O/c1-18-5-6-20(15-19(18)2)16-24-13-11-21(12-14-24)7-9-22(25,10-8-21)17-23(3)4/h5-6,15,25H,7-14,16-17H2,1-4H3. The van der Waals surface area contributed by atoms with Crippen LogP contribution in [0.1, 0.15) is 55.2 Å². The molecule has 0 unspecified atom stereocenters. The van der Waals surface area contributed by atoms with Crippen molar-refractivity contribution >= 4 is 0 Å². The molecular formula is C22H36N2O. The molecule has 2 fully saturated rings. The van der Waals surface area contributed by atoms with Crippen LogP contribution in [0.5, 0.6) is 0 Å². The van der Waals surface area contributed by atoms with Crippen LogP contribution in [0.4, 0.5) is 0 Å². The van der Waals surface area contributed by atoms with Crippen LogP contribution in [-0.4, -0.2) is 54.2 Å². The van der Waals surface area contributed by atoms with Crippen LogP contribution in [0.15, 0.2) is 18.2 Å². The summed E-state index contributed by atoms with van der Waals surface area (Å²) in [5.74, 6) is 0. The van der Waals surface area contributed by atoms with Crippen molar-refractivity contribution in [2.45, 2.75) is 64.5 Å². The highest BCUT2D eigenvalue weighted by atomic mass is 16.3. The van der Waals surface area contributed by atoms with Crippen LogP contribution in [0.2, 0.25) is 0 Å². The molecule has 0 aromatic heterocycles. The Kier molecular flexibility index (Phi) is 5.57. The maximum Gasteiger partial charge on any atom is 0.0774 e. The predicted octanol–water partition coefficient (Wildman–Crippen LogP) is 3.75. The third kappa shape index (κ3) is 4.64. The van der Waals surface area contributed by atoms with Gasteiger partial charge in [-0.25, -0.2) is 0 Å². The van der Waals surface area contributed by atoms with E-state index in [1.54, 1.807) is 0 Å². The number of hydrogen-bond acceptors (Lipinski definition) is 3. The maximum absolute atomic E-state index is 10.8. The van der Waals surface area contributed by atoms with E-state index in [1.165, 1.54) is 55.5 Å². The molecule has 1 heterocycles. The number of aliphatic hydroxyl groups is 1. The van der Waals surface area contributed by atoms with Crippen molar-refractivity contribution in [3.05, 3.63) is 34.9 Å².